The number of nitrogens with zero attached hydrogens (tertiary/aromatic N) is 1. The summed E-state index contributed by atoms with van der Waals surface area (Å²) in [7, 11) is 2.06. The number of hydrogen-bond donors (Lipinski definition) is 2. The minimum atomic E-state index is -0.134. The van der Waals surface area contributed by atoms with Gasteiger partial charge in [-0.15, -0.1) is 0 Å². The molecule has 2 atom stereocenters. The second-order valence-corrected chi connectivity index (χ2v) is 7.37. The molecule has 27 heavy (non-hydrogen) atoms. The molecule has 1 saturated heterocycles. The molecule has 0 bridgehead atoms. The van der Waals surface area contributed by atoms with E-state index in [0.29, 0.717) is 0 Å². The van der Waals surface area contributed by atoms with Crippen molar-refractivity contribution in [1.82, 2.24) is 0 Å². The first-order chi connectivity index (χ1) is 13.0. The van der Waals surface area contributed by atoms with Gasteiger partial charge in [0.15, 0.2) is 6.04 Å². The van der Waals surface area contributed by atoms with Gasteiger partial charge in [0.25, 0.3) is 5.91 Å². The van der Waals surface area contributed by atoms with Crippen LogP contribution >= 0.6 is 0 Å². The topological polar surface area (TPSA) is 46.0 Å². The zero-order valence-electron chi connectivity index (χ0n) is 16.5. The summed E-state index contributed by atoms with van der Waals surface area (Å²) in [5, 5.41) is 3.04. The van der Waals surface area contributed by atoms with Crippen molar-refractivity contribution in [3.63, 3.8) is 0 Å². The van der Waals surface area contributed by atoms with E-state index in [1.807, 2.05) is 19.1 Å². The molecule has 3 rings (SSSR count). The van der Waals surface area contributed by atoms with Gasteiger partial charge in [0.1, 0.15) is 6.54 Å². The van der Waals surface area contributed by atoms with Crippen LogP contribution in [0.3, 0.4) is 0 Å². The summed E-state index contributed by atoms with van der Waals surface area (Å²) < 4.78 is 5.39. The number of quaternary nitrogens is 1. The van der Waals surface area contributed by atoms with Gasteiger partial charge >= 0.3 is 0 Å². The third-order valence-electron chi connectivity index (χ3n) is 5.25. The van der Waals surface area contributed by atoms with Crippen molar-refractivity contribution in [2.24, 2.45) is 0 Å². The van der Waals surface area contributed by atoms with Crippen LogP contribution in [0.25, 0.3) is 0 Å². The van der Waals surface area contributed by atoms with Gasteiger partial charge in [-0.3, -0.25) is 4.79 Å². The van der Waals surface area contributed by atoms with E-state index in [2.05, 4.69) is 60.6 Å². The van der Waals surface area contributed by atoms with E-state index in [1.165, 1.54) is 21.7 Å². The van der Waals surface area contributed by atoms with Crippen molar-refractivity contribution < 1.29 is 14.4 Å². The fourth-order valence-electron chi connectivity index (χ4n) is 3.23. The largest absolute Gasteiger partial charge is 0.378 e. The summed E-state index contributed by atoms with van der Waals surface area (Å²) in [5.74, 6) is 0.0405. The lowest BCUT2D eigenvalue weighted by atomic mass is 10.1. The molecule has 0 aliphatic carbocycles. The van der Waals surface area contributed by atoms with Gasteiger partial charge in [-0.1, -0.05) is 29.8 Å². The molecule has 1 heterocycles. The van der Waals surface area contributed by atoms with E-state index in [9.17, 15) is 4.79 Å². The van der Waals surface area contributed by atoms with Crippen molar-refractivity contribution in [1.29, 1.82) is 0 Å². The molecule has 5 heteroatoms. The minimum absolute atomic E-state index is 0.0405. The van der Waals surface area contributed by atoms with Crippen LogP contribution in [0.5, 0.6) is 0 Å². The van der Waals surface area contributed by atoms with Crippen molar-refractivity contribution in [2.45, 2.75) is 26.4 Å². The second-order valence-electron chi connectivity index (χ2n) is 7.37. The number of benzene rings is 2. The van der Waals surface area contributed by atoms with Crippen molar-refractivity contribution in [3.05, 3.63) is 59.7 Å². The Morgan fingerprint density at radius 2 is 1.74 bits per heavy atom. The summed E-state index contributed by atoms with van der Waals surface area (Å²) in [6, 6.07) is 16.4. The second kappa shape index (κ2) is 9.02. The van der Waals surface area contributed by atoms with Crippen molar-refractivity contribution in [3.8, 4) is 0 Å². The molecule has 1 aliphatic heterocycles. The van der Waals surface area contributed by atoms with E-state index in [0.717, 1.165) is 38.5 Å². The molecule has 0 spiro atoms. The highest BCUT2D eigenvalue weighted by molar-refractivity contribution is 5.93. The maximum Gasteiger partial charge on any atom is 0.282 e. The predicted octanol–water partition coefficient (Wildman–Crippen LogP) is 1.87. The number of morpholine rings is 1. The number of aryl methyl sites for hydroxylation is 1. The highest BCUT2D eigenvalue weighted by atomic mass is 16.5. The number of amides is 1. The lowest BCUT2D eigenvalue weighted by Gasteiger charge is -2.29. The Bertz CT molecular complexity index is 737. The van der Waals surface area contributed by atoms with E-state index in [-0.39, 0.29) is 11.9 Å². The number of carbonyl (C=O) groups is 1. The smallest absolute Gasteiger partial charge is 0.282 e. The van der Waals surface area contributed by atoms with Crippen molar-refractivity contribution >= 4 is 17.3 Å². The molecule has 144 valence electrons. The summed E-state index contributed by atoms with van der Waals surface area (Å²) in [6.07, 6.45) is 0. The first kappa shape index (κ1) is 19.4. The first-order valence-corrected chi connectivity index (χ1v) is 9.64. The standard InChI is InChI=1S/C22H29N3O2/c1-17-4-6-19(7-5-17)16-24(3)18(2)22(26)23-20-8-10-21(11-9-20)25-12-14-27-15-13-25/h4-11,18H,12-16H2,1-3H3,(H,23,26)/p+1/t18-/m0/s1. The maximum absolute atomic E-state index is 12.6. The van der Waals surface area contributed by atoms with Crippen LogP contribution in [0.2, 0.25) is 0 Å². The summed E-state index contributed by atoms with van der Waals surface area (Å²) in [6.45, 7) is 8.25. The summed E-state index contributed by atoms with van der Waals surface area (Å²) in [4.78, 5) is 16.1. The third kappa shape index (κ3) is 5.31. The highest BCUT2D eigenvalue weighted by Crippen LogP contribution is 2.19. The molecule has 2 aromatic carbocycles. The van der Waals surface area contributed by atoms with Gasteiger partial charge in [0, 0.05) is 30.0 Å². The molecular formula is C22H30N3O2+. The normalized spacial score (nSPS) is 16.6. The van der Waals surface area contributed by atoms with Crippen LogP contribution < -0.4 is 15.1 Å². The average Bonchev–Trinajstić information content (AvgIpc) is 2.70. The Hall–Kier alpha value is -2.37. The lowest BCUT2D eigenvalue weighted by molar-refractivity contribution is -0.907. The number of likely N-dealkylation sites (N-methyl/N-ethyl adjacent to an activating group) is 1. The zero-order chi connectivity index (χ0) is 19.2. The van der Waals surface area contributed by atoms with E-state index < -0.39 is 0 Å². The lowest BCUT2D eigenvalue weighted by Crippen LogP contribution is -3.12. The van der Waals surface area contributed by atoms with Crippen LogP contribution in [-0.2, 0) is 16.1 Å². The fraction of sp³-hybridized carbons (Fsp3) is 0.409. The third-order valence-corrected chi connectivity index (χ3v) is 5.25. The number of hydrogen-bond acceptors (Lipinski definition) is 3. The van der Waals surface area contributed by atoms with E-state index in [1.54, 1.807) is 0 Å². The average molecular weight is 369 g/mol. The predicted molar refractivity (Wildman–Crippen MR) is 109 cm³/mol. The first-order valence-electron chi connectivity index (χ1n) is 9.64. The number of ether oxygens (including phenoxy) is 1. The molecular weight excluding hydrogens is 338 g/mol. The van der Waals surface area contributed by atoms with Gasteiger partial charge in [-0.05, 0) is 38.1 Å². The van der Waals surface area contributed by atoms with Gasteiger partial charge in [0.05, 0.1) is 20.3 Å². The van der Waals surface area contributed by atoms with Gasteiger partial charge < -0.3 is 19.9 Å². The molecule has 0 aromatic heterocycles. The molecule has 1 unspecified atom stereocenters. The Labute approximate surface area is 161 Å². The summed E-state index contributed by atoms with van der Waals surface area (Å²) >= 11 is 0. The SMILES string of the molecule is Cc1ccc(C[NH+](C)[C@@H](C)C(=O)Nc2ccc(N3CCOCC3)cc2)cc1. The number of carbonyl (C=O) groups excluding carboxylic acids is 1. The molecule has 1 amide bonds. The monoisotopic (exact) mass is 368 g/mol. The minimum Gasteiger partial charge on any atom is -0.378 e. The van der Waals surface area contributed by atoms with E-state index in [4.69, 9.17) is 4.74 Å². The quantitative estimate of drug-likeness (QED) is 0.818. The number of anilines is 2. The van der Waals surface area contributed by atoms with Crippen LogP contribution in [0, 0.1) is 6.92 Å². The molecule has 2 aromatic rings. The molecule has 5 nitrogen and oxygen atoms in total. The molecule has 2 N–H and O–H groups in total. The van der Waals surface area contributed by atoms with Gasteiger partial charge in [-0.25, -0.2) is 0 Å². The Morgan fingerprint density at radius 3 is 2.37 bits per heavy atom. The Balaban J connectivity index is 1.54. The molecule has 1 aliphatic rings. The molecule has 0 saturated carbocycles. The van der Waals surface area contributed by atoms with Crippen LogP contribution in [0.15, 0.2) is 48.5 Å². The fourth-order valence-corrected chi connectivity index (χ4v) is 3.23. The van der Waals surface area contributed by atoms with E-state index >= 15 is 0 Å². The number of rotatable bonds is 6. The summed E-state index contributed by atoms with van der Waals surface area (Å²) in [5.41, 5.74) is 4.51. The van der Waals surface area contributed by atoms with Crippen LogP contribution in [0.1, 0.15) is 18.1 Å². The van der Waals surface area contributed by atoms with Crippen LogP contribution in [-0.4, -0.2) is 45.3 Å². The Morgan fingerprint density at radius 1 is 1.11 bits per heavy atom. The zero-order valence-corrected chi connectivity index (χ0v) is 16.5. The van der Waals surface area contributed by atoms with Gasteiger partial charge in [-0.2, -0.15) is 0 Å². The maximum atomic E-state index is 12.6. The highest BCUT2D eigenvalue weighted by Gasteiger charge is 2.22. The number of nitrogens with one attached hydrogen (secondary N) is 2. The molecule has 1 fully saturated rings. The van der Waals surface area contributed by atoms with Crippen molar-refractivity contribution in [2.75, 3.05) is 43.6 Å². The Kier molecular flexibility index (Phi) is 6.48. The molecule has 0 radical (unpaired) electrons. The van der Waals surface area contributed by atoms with Gasteiger partial charge in [0.2, 0.25) is 0 Å². The van der Waals surface area contributed by atoms with Crippen LogP contribution in [0.4, 0.5) is 11.4 Å².